The molecule has 0 aliphatic rings. The lowest BCUT2D eigenvalue weighted by Crippen LogP contribution is -2.23. The fraction of sp³-hybridized carbons (Fsp3) is 0.318. The lowest BCUT2D eigenvalue weighted by atomic mass is 9.85. The molecule has 0 aliphatic heterocycles. The molecule has 0 fully saturated rings. The fourth-order valence-corrected chi connectivity index (χ4v) is 4.18. The van der Waals surface area contributed by atoms with E-state index in [9.17, 15) is 0 Å². The predicted molar refractivity (Wildman–Crippen MR) is 122 cm³/mol. The van der Waals surface area contributed by atoms with Crippen LogP contribution in [0.4, 0.5) is 0 Å². The Kier molecular flexibility index (Phi) is 8.54. The molecule has 0 aliphatic carbocycles. The molecule has 0 amide bonds. The van der Waals surface area contributed by atoms with E-state index >= 15 is 0 Å². The molecule has 0 nitrogen and oxygen atoms in total. The summed E-state index contributed by atoms with van der Waals surface area (Å²) in [6.07, 6.45) is 4.36. The van der Waals surface area contributed by atoms with Gasteiger partial charge in [-0.2, -0.15) is 0 Å². The van der Waals surface area contributed by atoms with Crippen molar-refractivity contribution in [2.45, 2.75) is 36.3 Å². The predicted octanol–water partition coefficient (Wildman–Crippen LogP) is 7.45. The number of halogens is 2. The van der Waals surface area contributed by atoms with E-state index < -0.39 is 0 Å². The van der Waals surface area contributed by atoms with Crippen molar-refractivity contribution in [1.29, 1.82) is 0 Å². The molecular weight excluding hydrogens is 456 g/mol. The summed E-state index contributed by atoms with van der Waals surface area (Å²) in [5.41, 5.74) is 3.55. The van der Waals surface area contributed by atoms with Crippen molar-refractivity contribution in [1.82, 2.24) is 0 Å². The first-order valence-corrected chi connectivity index (χ1v) is 10.9. The monoisotopic (exact) mass is 478 g/mol. The number of hydrogen-bond acceptors (Lipinski definition) is 1. The van der Waals surface area contributed by atoms with Crippen LogP contribution in [-0.2, 0) is 0 Å². The Balaban J connectivity index is 2.50. The van der Waals surface area contributed by atoms with Crippen LogP contribution in [0.3, 0.4) is 0 Å². The zero-order valence-corrected chi connectivity index (χ0v) is 18.6. The van der Waals surface area contributed by atoms with Crippen LogP contribution in [0.5, 0.6) is 0 Å². The smallest absolute Gasteiger partial charge is 0.0484 e. The van der Waals surface area contributed by atoms with Crippen LogP contribution in [0.25, 0.3) is 6.08 Å². The molecule has 2 rings (SSSR count). The Labute approximate surface area is 174 Å². The third kappa shape index (κ3) is 6.16. The number of hydrogen-bond donors (Lipinski definition) is 0. The van der Waals surface area contributed by atoms with Crippen LogP contribution in [0.15, 0.2) is 66.2 Å². The maximum Gasteiger partial charge on any atom is 0.0484 e. The van der Waals surface area contributed by atoms with E-state index in [0.29, 0.717) is 15.6 Å². The molecule has 3 unspecified atom stereocenters. The van der Waals surface area contributed by atoms with Gasteiger partial charge in [-0.25, -0.2) is 0 Å². The molecule has 0 bridgehead atoms. The van der Waals surface area contributed by atoms with Crippen LogP contribution in [0, 0.1) is 5.92 Å². The summed E-state index contributed by atoms with van der Waals surface area (Å²) in [4.78, 5) is 1.77. The second-order valence-corrected chi connectivity index (χ2v) is 9.40. The van der Waals surface area contributed by atoms with E-state index in [0.717, 1.165) is 23.3 Å². The van der Waals surface area contributed by atoms with Gasteiger partial charge in [-0.1, -0.05) is 119 Å². The van der Waals surface area contributed by atoms with Gasteiger partial charge < -0.3 is 0 Å². The van der Waals surface area contributed by atoms with Crippen LogP contribution >= 0.6 is 44.1 Å². The van der Waals surface area contributed by atoms with Gasteiger partial charge >= 0.3 is 0 Å². The van der Waals surface area contributed by atoms with E-state index in [-0.39, 0.29) is 0 Å². The van der Waals surface area contributed by atoms with Crippen molar-refractivity contribution < 1.29 is 0 Å². The Hall–Kier alpha value is -0.770. The second-order valence-electron chi connectivity index (χ2n) is 6.25. The quantitative estimate of drug-likeness (QED) is 0.164. The molecule has 3 heteroatoms. The molecule has 2 aromatic carbocycles. The standard InChI is InChI=1S/C22H24Br2S/c1-3-21(24)19(14-16(2)23)20(15-17-10-6-4-7-11-17)22(25)18-12-8-5-9-13-18/h4-13,15-16,19,21H,3,14H2,1-2H3. The minimum atomic E-state index is 0.354. The van der Waals surface area contributed by atoms with Crippen molar-refractivity contribution in [2.75, 3.05) is 0 Å². The van der Waals surface area contributed by atoms with Crippen molar-refractivity contribution in [2.24, 2.45) is 5.92 Å². The minimum Gasteiger partial charge on any atom is -0.0893 e. The van der Waals surface area contributed by atoms with Gasteiger partial charge in [0.05, 0.1) is 0 Å². The summed E-state index contributed by atoms with van der Waals surface area (Å²) in [5, 5.41) is 0. The highest BCUT2D eigenvalue weighted by molar-refractivity contribution is 9.09. The maximum atomic E-state index is 5.93. The minimum absolute atomic E-state index is 0.354. The molecule has 0 saturated heterocycles. The highest BCUT2D eigenvalue weighted by atomic mass is 79.9. The molecule has 0 radical (unpaired) electrons. The first kappa shape index (κ1) is 20.5. The zero-order valence-electron chi connectivity index (χ0n) is 14.7. The van der Waals surface area contributed by atoms with Crippen molar-refractivity contribution >= 4 is 55.0 Å². The van der Waals surface area contributed by atoms with Crippen LogP contribution in [-0.4, -0.2) is 14.5 Å². The van der Waals surface area contributed by atoms with Crippen molar-refractivity contribution in [3.63, 3.8) is 0 Å². The summed E-state index contributed by atoms with van der Waals surface area (Å²) in [5.74, 6) is 0.354. The van der Waals surface area contributed by atoms with Gasteiger partial charge in [-0.15, -0.1) is 0 Å². The number of alkyl halides is 2. The lowest BCUT2D eigenvalue weighted by Gasteiger charge is -2.27. The highest BCUT2D eigenvalue weighted by Crippen LogP contribution is 2.34. The third-order valence-electron chi connectivity index (χ3n) is 4.22. The Bertz CT molecular complexity index is 692. The summed E-state index contributed by atoms with van der Waals surface area (Å²) in [6, 6.07) is 20.8. The van der Waals surface area contributed by atoms with Crippen LogP contribution < -0.4 is 0 Å². The van der Waals surface area contributed by atoms with Crippen LogP contribution in [0.2, 0.25) is 0 Å². The van der Waals surface area contributed by atoms with E-state index in [1.165, 1.54) is 11.1 Å². The van der Waals surface area contributed by atoms with E-state index in [1.54, 1.807) is 0 Å². The molecule has 132 valence electrons. The number of allylic oxidation sites excluding steroid dienone is 1. The second kappa shape index (κ2) is 10.4. The first-order valence-electron chi connectivity index (χ1n) is 8.67. The molecule has 0 saturated carbocycles. The molecule has 0 aromatic heterocycles. The van der Waals surface area contributed by atoms with Crippen molar-refractivity contribution in [3.05, 3.63) is 77.4 Å². The fourth-order valence-electron chi connectivity index (χ4n) is 2.93. The normalized spacial score (nSPS) is 15.4. The maximum absolute atomic E-state index is 5.93. The topological polar surface area (TPSA) is 0 Å². The lowest BCUT2D eigenvalue weighted by molar-refractivity contribution is 0.550. The van der Waals surface area contributed by atoms with Gasteiger partial charge in [0.2, 0.25) is 0 Å². The first-order chi connectivity index (χ1) is 12.0. The summed E-state index contributed by atoms with van der Waals surface area (Å²) < 4.78 is 0. The van der Waals surface area contributed by atoms with Crippen molar-refractivity contribution in [3.8, 4) is 0 Å². The van der Waals surface area contributed by atoms with E-state index in [1.807, 2.05) is 12.1 Å². The Morgan fingerprint density at radius 3 is 2.08 bits per heavy atom. The van der Waals surface area contributed by atoms with E-state index in [2.05, 4.69) is 100 Å². The number of thiocarbonyl (C=S) groups is 1. The molecular formula is C22H24Br2S. The van der Waals surface area contributed by atoms with Gasteiger partial charge in [0.15, 0.2) is 0 Å². The van der Waals surface area contributed by atoms with Gasteiger partial charge in [0, 0.05) is 14.5 Å². The zero-order chi connectivity index (χ0) is 18.2. The van der Waals surface area contributed by atoms with E-state index in [4.69, 9.17) is 12.2 Å². The van der Waals surface area contributed by atoms with Gasteiger partial charge in [0.25, 0.3) is 0 Å². The number of benzene rings is 2. The SMILES string of the molecule is CCC(Br)C(CC(C)Br)C(=Cc1ccccc1)C(=S)c1ccccc1. The van der Waals surface area contributed by atoms with Gasteiger partial charge in [-0.3, -0.25) is 0 Å². The summed E-state index contributed by atoms with van der Waals surface area (Å²) in [6.45, 7) is 4.42. The van der Waals surface area contributed by atoms with Gasteiger partial charge in [-0.05, 0) is 41.5 Å². The summed E-state index contributed by atoms with van der Waals surface area (Å²) in [7, 11) is 0. The molecule has 2 aromatic rings. The molecule has 0 N–H and O–H groups in total. The molecule has 25 heavy (non-hydrogen) atoms. The largest absolute Gasteiger partial charge is 0.0893 e. The molecule has 3 atom stereocenters. The summed E-state index contributed by atoms with van der Waals surface area (Å²) >= 11 is 13.6. The number of rotatable bonds is 8. The third-order valence-corrected chi connectivity index (χ3v) is 6.36. The Morgan fingerprint density at radius 1 is 1.00 bits per heavy atom. The Morgan fingerprint density at radius 2 is 1.56 bits per heavy atom. The van der Waals surface area contributed by atoms with Crippen LogP contribution in [0.1, 0.15) is 37.8 Å². The molecule has 0 heterocycles. The molecule has 0 spiro atoms. The average molecular weight is 480 g/mol. The highest BCUT2D eigenvalue weighted by Gasteiger charge is 2.26. The average Bonchev–Trinajstić information content (AvgIpc) is 2.64. The van der Waals surface area contributed by atoms with Gasteiger partial charge in [0.1, 0.15) is 0 Å².